The van der Waals surface area contributed by atoms with Crippen LogP contribution in [0.5, 0.6) is 17.4 Å². The number of nitrogens with one attached hydrogen (secondary N) is 1. The van der Waals surface area contributed by atoms with Gasteiger partial charge in [0.1, 0.15) is 17.0 Å². The SMILES string of the molecule is O=C(COc1ccc(Oc2ccccn2)cc1)NC1(C(=O)O)CCC1. The second-order valence-electron chi connectivity index (χ2n) is 5.82. The van der Waals surface area contributed by atoms with Gasteiger partial charge in [0, 0.05) is 12.3 Å². The molecule has 1 aliphatic carbocycles. The zero-order valence-electron chi connectivity index (χ0n) is 13.5. The van der Waals surface area contributed by atoms with Gasteiger partial charge in [0.25, 0.3) is 5.91 Å². The number of benzene rings is 1. The van der Waals surface area contributed by atoms with Crippen molar-refractivity contribution in [1.82, 2.24) is 10.3 Å². The lowest BCUT2D eigenvalue weighted by Gasteiger charge is -2.38. The summed E-state index contributed by atoms with van der Waals surface area (Å²) >= 11 is 0. The van der Waals surface area contributed by atoms with Gasteiger partial charge in [-0.3, -0.25) is 4.79 Å². The Morgan fingerprint density at radius 3 is 2.40 bits per heavy atom. The van der Waals surface area contributed by atoms with Gasteiger partial charge in [-0.2, -0.15) is 0 Å². The van der Waals surface area contributed by atoms with Crippen molar-refractivity contribution >= 4 is 11.9 Å². The smallest absolute Gasteiger partial charge is 0.329 e. The van der Waals surface area contributed by atoms with E-state index >= 15 is 0 Å². The van der Waals surface area contributed by atoms with E-state index in [2.05, 4.69) is 10.3 Å². The van der Waals surface area contributed by atoms with E-state index in [1.165, 1.54) is 0 Å². The molecule has 130 valence electrons. The van der Waals surface area contributed by atoms with Crippen LogP contribution >= 0.6 is 0 Å². The van der Waals surface area contributed by atoms with E-state index in [1.54, 1.807) is 42.6 Å². The predicted octanol–water partition coefficient (Wildman–Crippen LogP) is 2.38. The summed E-state index contributed by atoms with van der Waals surface area (Å²) in [5.74, 6) is 0.116. The van der Waals surface area contributed by atoms with Crippen molar-refractivity contribution in [2.24, 2.45) is 0 Å². The van der Waals surface area contributed by atoms with Crippen LogP contribution in [0.2, 0.25) is 0 Å². The zero-order valence-corrected chi connectivity index (χ0v) is 13.5. The molecule has 3 rings (SSSR count). The maximum Gasteiger partial charge on any atom is 0.329 e. The number of rotatable bonds is 7. The average Bonchev–Trinajstić information content (AvgIpc) is 2.58. The first-order valence-electron chi connectivity index (χ1n) is 7.94. The fourth-order valence-corrected chi connectivity index (χ4v) is 2.51. The van der Waals surface area contributed by atoms with Crippen LogP contribution in [0.1, 0.15) is 19.3 Å². The number of carbonyl (C=O) groups is 2. The lowest BCUT2D eigenvalue weighted by Crippen LogP contribution is -2.59. The van der Waals surface area contributed by atoms with E-state index < -0.39 is 17.4 Å². The molecule has 1 aromatic carbocycles. The molecular formula is C18H18N2O5. The van der Waals surface area contributed by atoms with E-state index in [0.29, 0.717) is 30.2 Å². The van der Waals surface area contributed by atoms with Gasteiger partial charge in [-0.25, -0.2) is 9.78 Å². The minimum Gasteiger partial charge on any atom is -0.484 e. The maximum atomic E-state index is 11.9. The Bertz CT molecular complexity index is 742. The molecule has 1 fully saturated rings. The largest absolute Gasteiger partial charge is 0.484 e. The summed E-state index contributed by atoms with van der Waals surface area (Å²) < 4.78 is 11.0. The highest BCUT2D eigenvalue weighted by molar-refractivity contribution is 5.88. The number of hydrogen-bond donors (Lipinski definition) is 2. The number of amides is 1. The molecule has 0 unspecified atom stereocenters. The highest BCUT2D eigenvalue weighted by atomic mass is 16.5. The molecule has 0 aliphatic heterocycles. The van der Waals surface area contributed by atoms with Gasteiger partial charge in [0.05, 0.1) is 0 Å². The molecule has 0 radical (unpaired) electrons. The molecule has 0 bridgehead atoms. The highest BCUT2D eigenvalue weighted by Gasteiger charge is 2.45. The summed E-state index contributed by atoms with van der Waals surface area (Å²) in [7, 11) is 0. The first kappa shape index (κ1) is 16.8. The van der Waals surface area contributed by atoms with Crippen molar-refractivity contribution in [3.8, 4) is 17.4 Å². The Morgan fingerprint density at radius 1 is 1.12 bits per heavy atom. The van der Waals surface area contributed by atoms with Crippen molar-refractivity contribution in [2.75, 3.05) is 6.61 Å². The van der Waals surface area contributed by atoms with E-state index in [-0.39, 0.29) is 6.61 Å². The molecule has 7 nitrogen and oxygen atoms in total. The zero-order chi connectivity index (χ0) is 17.7. The fourth-order valence-electron chi connectivity index (χ4n) is 2.51. The second-order valence-corrected chi connectivity index (χ2v) is 5.82. The average molecular weight is 342 g/mol. The van der Waals surface area contributed by atoms with E-state index in [0.717, 1.165) is 6.42 Å². The van der Waals surface area contributed by atoms with Crippen molar-refractivity contribution in [3.63, 3.8) is 0 Å². The summed E-state index contributed by atoms with van der Waals surface area (Å²) in [6.07, 6.45) is 3.34. The third-order valence-electron chi connectivity index (χ3n) is 4.05. The molecule has 0 atom stereocenters. The highest BCUT2D eigenvalue weighted by Crippen LogP contribution is 2.32. The number of hydrogen-bond acceptors (Lipinski definition) is 5. The van der Waals surface area contributed by atoms with Gasteiger partial charge in [-0.1, -0.05) is 6.07 Å². The summed E-state index contributed by atoms with van der Waals surface area (Å²) in [6, 6.07) is 12.1. The number of nitrogens with zero attached hydrogens (tertiary/aromatic N) is 1. The molecule has 0 saturated heterocycles. The number of ether oxygens (including phenoxy) is 2. The summed E-state index contributed by atoms with van der Waals surface area (Å²) in [6.45, 7) is -0.241. The number of pyridine rings is 1. The van der Waals surface area contributed by atoms with Gasteiger partial charge < -0.3 is 19.9 Å². The van der Waals surface area contributed by atoms with Gasteiger partial charge >= 0.3 is 5.97 Å². The molecule has 1 aliphatic rings. The van der Waals surface area contributed by atoms with Crippen molar-refractivity contribution < 1.29 is 24.2 Å². The number of carboxylic acids is 1. The topological polar surface area (TPSA) is 97.8 Å². The lowest BCUT2D eigenvalue weighted by molar-refractivity contribution is -0.152. The number of carbonyl (C=O) groups excluding carboxylic acids is 1. The molecule has 2 aromatic rings. The van der Waals surface area contributed by atoms with Crippen molar-refractivity contribution in [1.29, 1.82) is 0 Å². The Labute approximate surface area is 144 Å². The monoisotopic (exact) mass is 342 g/mol. The minimum absolute atomic E-state index is 0.241. The molecular weight excluding hydrogens is 324 g/mol. The van der Waals surface area contributed by atoms with Crippen molar-refractivity contribution in [2.45, 2.75) is 24.8 Å². The summed E-state index contributed by atoms with van der Waals surface area (Å²) in [5, 5.41) is 11.7. The third kappa shape index (κ3) is 4.06. The van der Waals surface area contributed by atoms with Gasteiger partial charge in [0.15, 0.2) is 6.61 Å². The Balaban J connectivity index is 1.50. The van der Waals surface area contributed by atoms with Gasteiger partial charge in [0.2, 0.25) is 5.88 Å². The number of aromatic nitrogens is 1. The predicted molar refractivity (Wildman–Crippen MR) is 88.6 cm³/mol. The molecule has 1 aromatic heterocycles. The van der Waals surface area contributed by atoms with E-state index in [9.17, 15) is 14.7 Å². The van der Waals surface area contributed by atoms with Crippen LogP contribution in [0, 0.1) is 0 Å². The molecule has 1 amide bonds. The quantitative estimate of drug-likeness (QED) is 0.802. The fraction of sp³-hybridized carbons (Fsp3) is 0.278. The molecule has 1 saturated carbocycles. The molecule has 0 spiro atoms. The van der Waals surface area contributed by atoms with E-state index in [1.807, 2.05) is 6.07 Å². The first-order valence-corrected chi connectivity index (χ1v) is 7.94. The molecule has 7 heteroatoms. The molecule has 1 heterocycles. The van der Waals surface area contributed by atoms with Gasteiger partial charge in [-0.15, -0.1) is 0 Å². The lowest BCUT2D eigenvalue weighted by atomic mass is 9.77. The van der Waals surface area contributed by atoms with Crippen molar-refractivity contribution in [3.05, 3.63) is 48.7 Å². The van der Waals surface area contributed by atoms with Crippen LogP contribution in [0.25, 0.3) is 0 Å². The van der Waals surface area contributed by atoms with Crippen LogP contribution < -0.4 is 14.8 Å². The van der Waals surface area contributed by atoms with Crippen LogP contribution in [-0.4, -0.2) is 34.1 Å². The Hall–Kier alpha value is -3.09. The van der Waals surface area contributed by atoms with Crippen LogP contribution in [0.4, 0.5) is 0 Å². The van der Waals surface area contributed by atoms with Crippen LogP contribution in [-0.2, 0) is 9.59 Å². The maximum absolute atomic E-state index is 11.9. The second kappa shape index (κ2) is 7.21. The van der Waals surface area contributed by atoms with Crippen LogP contribution in [0.15, 0.2) is 48.7 Å². The normalized spacial score (nSPS) is 14.9. The summed E-state index contributed by atoms with van der Waals surface area (Å²) in [5.41, 5.74) is -1.12. The Kier molecular flexibility index (Phi) is 4.83. The number of aliphatic carboxylic acids is 1. The standard InChI is InChI=1S/C18H18N2O5/c21-15(20-18(17(22)23)9-3-10-18)12-24-13-5-7-14(8-6-13)25-16-4-1-2-11-19-16/h1-2,4-8,11H,3,9-10,12H2,(H,20,21)(H,22,23). The third-order valence-corrected chi connectivity index (χ3v) is 4.05. The van der Waals surface area contributed by atoms with Gasteiger partial charge in [-0.05, 0) is 49.6 Å². The van der Waals surface area contributed by atoms with E-state index in [4.69, 9.17) is 9.47 Å². The molecule has 2 N–H and O–H groups in total. The minimum atomic E-state index is -1.12. The van der Waals surface area contributed by atoms with Crippen LogP contribution in [0.3, 0.4) is 0 Å². The first-order chi connectivity index (χ1) is 12.1. The summed E-state index contributed by atoms with van der Waals surface area (Å²) in [4.78, 5) is 27.2. The number of carboxylic acid groups (broad SMARTS) is 1. The molecule has 25 heavy (non-hydrogen) atoms. The Morgan fingerprint density at radius 2 is 1.84 bits per heavy atom.